The number of morpholine rings is 1. The van der Waals surface area contributed by atoms with Gasteiger partial charge in [0.05, 0.1) is 36.1 Å². The van der Waals surface area contributed by atoms with E-state index in [4.69, 9.17) is 24.5 Å². The molecule has 33 heavy (non-hydrogen) atoms. The van der Waals surface area contributed by atoms with Crippen LogP contribution < -0.4 is 4.90 Å². The summed E-state index contributed by atoms with van der Waals surface area (Å²) in [6, 6.07) is 2.47. The van der Waals surface area contributed by atoms with Crippen LogP contribution in [-0.2, 0) is 16.5 Å². The van der Waals surface area contributed by atoms with Crippen LogP contribution >= 0.6 is 11.3 Å². The molecule has 0 aliphatic carbocycles. The van der Waals surface area contributed by atoms with Crippen LogP contribution in [0.1, 0.15) is 25.5 Å². The standard InChI is InChI=1S/C23H29N7O2S/c1-14(2)30-8-6-17(27-30)19-15(3)18-21(29-10-11-32-13-16(29)12-31-5)25-20(26-23(18)33-19)22-24-7-9-28(22)4/h6-9,14,16H,10-13H2,1-5H3. The monoisotopic (exact) mass is 467 g/mol. The zero-order valence-corrected chi connectivity index (χ0v) is 20.5. The molecule has 5 heterocycles. The van der Waals surface area contributed by atoms with Crippen molar-refractivity contribution in [3.8, 4) is 22.2 Å². The molecule has 4 aromatic rings. The zero-order valence-electron chi connectivity index (χ0n) is 19.6. The molecule has 0 radical (unpaired) electrons. The Labute approximate surface area is 197 Å². The van der Waals surface area contributed by atoms with Crippen molar-refractivity contribution in [2.75, 3.05) is 38.4 Å². The van der Waals surface area contributed by atoms with E-state index >= 15 is 0 Å². The van der Waals surface area contributed by atoms with Gasteiger partial charge in [-0.05, 0) is 32.4 Å². The quantitative estimate of drug-likeness (QED) is 0.428. The Morgan fingerprint density at radius 3 is 2.82 bits per heavy atom. The fraction of sp³-hybridized carbons (Fsp3) is 0.478. The van der Waals surface area contributed by atoms with Gasteiger partial charge in [0.25, 0.3) is 0 Å². The molecule has 1 aliphatic heterocycles. The molecule has 0 aromatic carbocycles. The number of aryl methyl sites for hydroxylation is 2. The van der Waals surface area contributed by atoms with Gasteiger partial charge in [0, 0.05) is 45.3 Å². The van der Waals surface area contributed by atoms with Crippen LogP contribution in [0.4, 0.5) is 5.82 Å². The first-order chi connectivity index (χ1) is 16.0. The number of fused-ring (bicyclic) bond motifs is 1. The summed E-state index contributed by atoms with van der Waals surface area (Å²) in [5.74, 6) is 2.27. The van der Waals surface area contributed by atoms with Crippen molar-refractivity contribution in [2.45, 2.75) is 32.9 Å². The fourth-order valence-corrected chi connectivity index (χ4v) is 5.40. The summed E-state index contributed by atoms with van der Waals surface area (Å²) >= 11 is 1.66. The second-order valence-corrected chi connectivity index (χ2v) is 9.62. The Balaban J connectivity index is 1.72. The molecule has 0 amide bonds. The van der Waals surface area contributed by atoms with E-state index in [2.05, 4.69) is 36.7 Å². The topological polar surface area (TPSA) is 83.1 Å². The fourth-order valence-electron chi connectivity index (χ4n) is 4.26. The van der Waals surface area contributed by atoms with E-state index in [1.54, 1.807) is 24.6 Å². The van der Waals surface area contributed by atoms with E-state index in [0.29, 0.717) is 31.7 Å². The highest BCUT2D eigenvalue weighted by Crippen LogP contribution is 2.42. The molecule has 4 aromatic heterocycles. The number of anilines is 1. The lowest BCUT2D eigenvalue weighted by molar-refractivity contribution is 0.0599. The van der Waals surface area contributed by atoms with Crippen molar-refractivity contribution in [3.05, 3.63) is 30.2 Å². The summed E-state index contributed by atoms with van der Waals surface area (Å²) in [6.07, 6.45) is 5.72. The third-order valence-electron chi connectivity index (χ3n) is 6.02. The minimum Gasteiger partial charge on any atom is -0.382 e. The molecule has 10 heteroatoms. The van der Waals surface area contributed by atoms with Gasteiger partial charge in [0.15, 0.2) is 11.6 Å². The van der Waals surface area contributed by atoms with Gasteiger partial charge >= 0.3 is 0 Å². The molecule has 5 rings (SSSR count). The van der Waals surface area contributed by atoms with E-state index in [-0.39, 0.29) is 6.04 Å². The van der Waals surface area contributed by atoms with Crippen LogP contribution in [0.2, 0.25) is 0 Å². The summed E-state index contributed by atoms with van der Waals surface area (Å²) in [4.78, 5) is 18.9. The van der Waals surface area contributed by atoms with Crippen molar-refractivity contribution < 1.29 is 9.47 Å². The minimum absolute atomic E-state index is 0.0824. The Morgan fingerprint density at radius 1 is 1.27 bits per heavy atom. The molecule has 1 fully saturated rings. The number of methoxy groups -OCH3 is 1. The maximum absolute atomic E-state index is 5.76. The highest BCUT2D eigenvalue weighted by Gasteiger charge is 2.29. The molecule has 0 N–H and O–H groups in total. The molecule has 0 spiro atoms. The Kier molecular flexibility index (Phi) is 5.90. The molecular weight excluding hydrogens is 438 g/mol. The number of thiophene rings is 1. The van der Waals surface area contributed by atoms with Gasteiger partial charge in [-0.1, -0.05) is 0 Å². The zero-order chi connectivity index (χ0) is 23.1. The van der Waals surface area contributed by atoms with Crippen molar-refractivity contribution in [1.82, 2.24) is 29.3 Å². The van der Waals surface area contributed by atoms with Gasteiger partial charge in [-0.25, -0.2) is 15.0 Å². The summed E-state index contributed by atoms with van der Waals surface area (Å²) in [7, 11) is 3.68. The maximum atomic E-state index is 5.76. The first-order valence-corrected chi connectivity index (χ1v) is 12.0. The normalized spacial score (nSPS) is 16.9. The predicted octanol–water partition coefficient (Wildman–Crippen LogP) is 3.70. The molecule has 1 aliphatic rings. The van der Waals surface area contributed by atoms with E-state index in [0.717, 1.165) is 44.5 Å². The third-order valence-corrected chi connectivity index (χ3v) is 7.23. The number of aromatic nitrogens is 6. The van der Waals surface area contributed by atoms with Gasteiger partial charge < -0.3 is 18.9 Å². The lowest BCUT2D eigenvalue weighted by atomic mass is 10.1. The first kappa shape index (κ1) is 22.0. The van der Waals surface area contributed by atoms with E-state index in [9.17, 15) is 0 Å². The van der Waals surface area contributed by atoms with Gasteiger partial charge in [0.2, 0.25) is 0 Å². The van der Waals surface area contributed by atoms with Crippen molar-refractivity contribution in [2.24, 2.45) is 7.05 Å². The number of hydrogen-bond donors (Lipinski definition) is 0. The van der Waals surface area contributed by atoms with Crippen LogP contribution in [0.3, 0.4) is 0 Å². The average Bonchev–Trinajstić information content (AvgIpc) is 3.53. The smallest absolute Gasteiger partial charge is 0.199 e. The van der Waals surface area contributed by atoms with Crippen LogP contribution in [-0.4, -0.2) is 68.8 Å². The Hall–Kier alpha value is -2.82. The first-order valence-electron chi connectivity index (χ1n) is 11.2. The number of nitrogens with zero attached hydrogens (tertiary/aromatic N) is 7. The van der Waals surface area contributed by atoms with Gasteiger partial charge in [-0.3, -0.25) is 4.68 Å². The SMILES string of the molecule is COCC1COCCN1c1nc(-c2nccn2C)nc2sc(-c3ccn(C(C)C)n3)c(C)c12. The van der Waals surface area contributed by atoms with Crippen LogP contribution in [0.5, 0.6) is 0 Å². The highest BCUT2D eigenvalue weighted by molar-refractivity contribution is 7.22. The Morgan fingerprint density at radius 2 is 2.12 bits per heavy atom. The summed E-state index contributed by atoms with van der Waals surface area (Å²) in [6.45, 7) is 8.97. The number of imidazole rings is 1. The molecule has 1 unspecified atom stereocenters. The largest absolute Gasteiger partial charge is 0.382 e. The van der Waals surface area contributed by atoms with E-state index in [1.165, 1.54) is 0 Å². The summed E-state index contributed by atoms with van der Waals surface area (Å²) in [5.41, 5.74) is 2.11. The lowest BCUT2D eigenvalue weighted by Gasteiger charge is -2.36. The predicted molar refractivity (Wildman–Crippen MR) is 130 cm³/mol. The van der Waals surface area contributed by atoms with Gasteiger partial charge in [0.1, 0.15) is 16.3 Å². The van der Waals surface area contributed by atoms with Crippen molar-refractivity contribution >= 4 is 27.4 Å². The highest BCUT2D eigenvalue weighted by atomic mass is 32.1. The van der Waals surface area contributed by atoms with Crippen LogP contribution in [0, 0.1) is 6.92 Å². The average molecular weight is 468 g/mol. The number of hydrogen-bond acceptors (Lipinski definition) is 8. The molecule has 0 saturated carbocycles. The molecule has 1 atom stereocenters. The number of rotatable bonds is 6. The van der Waals surface area contributed by atoms with Crippen molar-refractivity contribution in [3.63, 3.8) is 0 Å². The van der Waals surface area contributed by atoms with Crippen LogP contribution in [0.25, 0.3) is 32.4 Å². The van der Waals surface area contributed by atoms with Crippen LogP contribution in [0.15, 0.2) is 24.7 Å². The molecule has 9 nitrogen and oxygen atoms in total. The third kappa shape index (κ3) is 3.92. The minimum atomic E-state index is 0.0824. The van der Waals surface area contributed by atoms with Gasteiger partial charge in [-0.2, -0.15) is 5.10 Å². The molecule has 1 saturated heterocycles. The Bertz CT molecular complexity index is 1270. The van der Waals surface area contributed by atoms with E-state index in [1.807, 2.05) is 28.7 Å². The van der Waals surface area contributed by atoms with Crippen molar-refractivity contribution in [1.29, 1.82) is 0 Å². The molecular formula is C23H29N7O2S. The lowest BCUT2D eigenvalue weighted by Crippen LogP contribution is -2.48. The summed E-state index contributed by atoms with van der Waals surface area (Å²) in [5, 5.41) is 5.88. The number of ether oxygens (including phenoxy) is 2. The second-order valence-electron chi connectivity index (χ2n) is 8.62. The second kappa shape index (κ2) is 8.85. The summed E-state index contributed by atoms with van der Waals surface area (Å²) < 4.78 is 15.2. The maximum Gasteiger partial charge on any atom is 0.199 e. The van der Waals surface area contributed by atoms with E-state index < -0.39 is 0 Å². The molecule has 174 valence electrons. The van der Waals surface area contributed by atoms with Gasteiger partial charge in [-0.15, -0.1) is 11.3 Å². The molecule has 0 bridgehead atoms.